The zero-order chi connectivity index (χ0) is 19.5. The Morgan fingerprint density at radius 1 is 1.04 bits per heavy atom. The van der Waals surface area contributed by atoms with Crippen LogP contribution in [0.2, 0.25) is 0 Å². The summed E-state index contributed by atoms with van der Waals surface area (Å²) in [5.41, 5.74) is 9.58. The van der Waals surface area contributed by atoms with Crippen molar-refractivity contribution in [3.05, 3.63) is 70.6 Å². The average Bonchev–Trinajstić information content (AvgIpc) is 3.36. The van der Waals surface area contributed by atoms with Crippen LogP contribution in [0.1, 0.15) is 46.5 Å². The van der Waals surface area contributed by atoms with Gasteiger partial charge in [0.15, 0.2) is 0 Å². The van der Waals surface area contributed by atoms with Crippen molar-refractivity contribution in [3.63, 3.8) is 0 Å². The summed E-state index contributed by atoms with van der Waals surface area (Å²) in [5, 5.41) is 13.7. The molecule has 1 saturated carbocycles. The van der Waals surface area contributed by atoms with E-state index in [0.29, 0.717) is 22.0 Å². The molecule has 1 aromatic heterocycles. The summed E-state index contributed by atoms with van der Waals surface area (Å²) < 4.78 is 0. The summed E-state index contributed by atoms with van der Waals surface area (Å²) >= 11 is 1.29. The molecule has 0 unspecified atom stereocenters. The predicted molar refractivity (Wildman–Crippen MR) is 115 cm³/mol. The monoisotopic (exact) mass is 387 g/mol. The highest BCUT2D eigenvalue weighted by molar-refractivity contribution is 7.19. The molecule has 0 bridgehead atoms. The maximum Gasteiger partial charge on any atom is 0.205 e. The van der Waals surface area contributed by atoms with Gasteiger partial charge in [0, 0.05) is 11.6 Å². The third-order valence-electron chi connectivity index (χ3n) is 5.21. The van der Waals surface area contributed by atoms with E-state index in [1.54, 1.807) is 0 Å². The Hall–Kier alpha value is -3.10. The minimum absolute atomic E-state index is 0.141. The highest BCUT2D eigenvalue weighted by Crippen LogP contribution is 2.38. The maximum atomic E-state index is 13.0. The molecular weight excluding hydrogens is 366 g/mol. The third kappa shape index (κ3) is 3.51. The van der Waals surface area contributed by atoms with E-state index in [1.807, 2.05) is 54.6 Å². The van der Waals surface area contributed by atoms with Crippen molar-refractivity contribution in [1.29, 1.82) is 5.26 Å². The van der Waals surface area contributed by atoms with Crippen LogP contribution in [0.15, 0.2) is 54.6 Å². The number of hydrogen-bond acceptors (Lipinski definition) is 5. The van der Waals surface area contributed by atoms with E-state index >= 15 is 0 Å². The topological polar surface area (TPSA) is 78.9 Å². The Morgan fingerprint density at radius 2 is 1.68 bits per heavy atom. The summed E-state index contributed by atoms with van der Waals surface area (Å²) in [6, 6.07) is 20.1. The van der Waals surface area contributed by atoms with E-state index in [9.17, 15) is 10.1 Å². The molecule has 1 fully saturated rings. The van der Waals surface area contributed by atoms with Crippen molar-refractivity contribution in [2.24, 2.45) is 0 Å². The van der Waals surface area contributed by atoms with Crippen LogP contribution in [0.5, 0.6) is 0 Å². The minimum atomic E-state index is -0.141. The second kappa shape index (κ2) is 7.87. The lowest BCUT2D eigenvalue weighted by Crippen LogP contribution is -2.14. The number of nitrogens with one attached hydrogen (secondary N) is 1. The molecule has 0 amide bonds. The van der Waals surface area contributed by atoms with Gasteiger partial charge in [-0.3, -0.25) is 4.79 Å². The molecule has 4 rings (SSSR count). The normalized spacial score (nSPS) is 14.0. The van der Waals surface area contributed by atoms with Crippen LogP contribution in [-0.2, 0) is 0 Å². The van der Waals surface area contributed by atoms with Gasteiger partial charge in [0.25, 0.3) is 0 Å². The van der Waals surface area contributed by atoms with Gasteiger partial charge in [-0.25, -0.2) is 0 Å². The largest absolute Gasteiger partial charge is 0.396 e. The number of nitriles is 1. The van der Waals surface area contributed by atoms with Gasteiger partial charge in [-0.15, -0.1) is 11.3 Å². The molecular formula is C23H21N3OS. The molecule has 0 radical (unpaired) electrons. The number of benzene rings is 2. The lowest BCUT2D eigenvalue weighted by Gasteiger charge is -2.11. The fraction of sp³-hybridized carbons (Fsp3) is 0.217. The highest BCUT2D eigenvalue weighted by Gasteiger charge is 2.24. The third-order valence-corrected chi connectivity index (χ3v) is 6.34. The van der Waals surface area contributed by atoms with Gasteiger partial charge in [0.05, 0.1) is 5.69 Å². The van der Waals surface area contributed by atoms with Gasteiger partial charge in [-0.1, -0.05) is 67.4 Å². The summed E-state index contributed by atoms with van der Waals surface area (Å²) in [7, 11) is 0. The zero-order valence-corrected chi connectivity index (χ0v) is 16.3. The van der Waals surface area contributed by atoms with Crippen molar-refractivity contribution < 1.29 is 4.79 Å². The minimum Gasteiger partial charge on any atom is -0.396 e. The molecule has 3 aromatic rings. The van der Waals surface area contributed by atoms with E-state index in [0.717, 1.165) is 29.0 Å². The van der Waals surface area contributed by atoms with E-state index in [2.05, 4.69) is 11.4 Å². The number of carbonyl (C=O) groups is 1. The fourth-order valence-corrected chi connectivity index (χ4v) is 4.77. The molecule has 0 atom stereocenters. The zero-order valence-electron chi connectivity index (χ0n) is 15.4. The molecule has 0 spiro atoms. The molecule has 3 N–H and O–H groups in total. The smallest absolute Gasteiger partial charge is 0.205 e. The van der Waals surface area contributed by atoms with Crippen LogP contribution in [-0.4, -0.2) is 11.8 Å². The van der Waals surface area contributed by atoms with Crippen molar-refractivity contribution >= 4 is 27.8 Å². The number of anilines is 2. The number of nitrogen functional groups attached to an aromatic ring is 1. The maximum absolute atomic E-state index is 13.0. The van der Waals surface area contributed by atoms with E-state index in [1.165, 1.54) is 24.2 Å². The number of rotatable bonds is 5. The van der Waals surface area contributed by atoms with Crippen LogP contribution in [0.25, 0.3) is 11.1 Å². The molecule has 140 valence electrons. The van der Waals surface area contributed by atoms with Crippen LogP contribution < -0.4 is 11.1 Å². The van der Waals surface area contributed by atoms with Gasteiger partial charge >= 0.3 is 0 Å². The molecule has 4 nitrogen and oxygen atoms in total. The van der Waals surface area contributed by atoms with Gasteiger partial charge in [-0.2, -0.15) is 5.26 Å². The molecule has 1 heterocycles. The lowest BCUT2D eigenvalue weighted by molar-refractivity contribution is 0.104. The van der Waals surface area contributed by atoms with Crippen LogP contribution in [0, 0.1) is 11.3 Å². The molecule has 28 heavy (non-hydrogen) atoms. The molecule has 2 aromatic carbocycles. The lowest BCUT2D eigenvalue weighted by atomic mass is 10.0. The van der Waals surface area contributed by atoms with Crippen LogP contribution >= 0.6 is 11.3 Å². The first-order valence-corrected chi connectivity index (χ1v) is 10.3. The number of hydrogen-bond donors (Lipinski definition) is 2. The SMILES string of the molecule is N#Cc1c(NC2CCCC2)sc(C(=O)c2ccc(-c3ccccc3)cc2)c1N. The highest BCUT2D eigenvalue weighted by atomic mass is 32.1. The van der Waals surface area contributed by atoms with Gasteiger partial charge in [0.1, 0.15) is 21.5 Å². The molecule has 1 aliphatic carbocycles. The standard InChI is InChI=1S/C23H21N3OS/c24-14-19-20(25)22(28-23(19)26-18-8-4-5-9-18)21(27)17-12-10-16(11-13-17)15-6-2-1-3-7-15/h1-3,6-7,10-13,18,26H,4-5,8-9,25H2. The van der Waals surface area contributed by atoms with E-state index < -0.39 is 0 Å². The van der Waals surface area contributed by atoms with Crippen molar-refractivity contribution in [2.75, 3.05) is 11.1 Å². The van der Waals surface area contributed by atoms with E-state index in [-0.39, 0.29) is 11.5 Å². The van der Waals surface area contributed by atoms with Gasteiger partial charge in [0.2, 0.25) is 5.78 Å². The number of nitrogens with zero attached hydrogens (tertiary/aromatic N) is 1. The summed E-state index contributed by atoms with van der Waals surface area (Å²) in [6.07, 6.45) is 4.57. The molecule has 5 heteroatoms. The first-order valence-electron chi connectivity index (χ1n) is 9.46. The first-order chi connectivity index (χ1) is 13.7. The van der Waals surface area contributed by atoms with Crippen molar-refractivity contribution in [3.8, 4) is 17.2 Å². The molecule has 0 saturated heterocycles. The Morgan fingerprint density at radius 3 is 2.32 bits per heavy atom. The predicted octanol–water partition coefficient (Wildman–Crippen LogP) is 5.45. The number of ketones is 1. The Balaban J connectivity index is 1.61. The summed E-state index contributed by atoms with van der Waals surface area (Å²) in [6.45, 7) is 0. The second-order valence-corrected chi connectivity index (χ2v) is 8.08. The van der Waals surface area contributed by atoms with E-state index in [4.69, 9.17) is 5.73 Å². The fourth-order valence-electron chi connectivity index (χ4n) is 3.66. The van der Waals surface area contributed by atoms with Crippen molar-refractivity contribution in [2.45, 2.75) is 31.7 Å². The summed E-state index contributed by atoms with van der Waals surface area (Å²) in [5.74, 6) is -0.141. The quantitative estimate of drug-likeness (QED) is 0.570. The number of nitrogens with two attached hydrogens (primary N) is 1. The number of thiophene rings is 1. The first kappa shape index (κ1) is 18.3. The molecule has 0 aliphatic heterocycles. The van der Waals surface area contributed by atoms with Crippen LogP contribution in [0.4, 0.5) is 10.7 Å². The van der Waals surface area contributed by atoms with Crippen molar-refractivity contribution in [1.82, 2.24) is 0 Å². The molecule has 1 aliphatic rings. The van der Waals surface area contributed by atoms with Gasteiger partial charge in [-0.05, 0) is 24.0 Å². The van der Waals surface area contributed by atoms with Gasteiger partial charge < -0.3 is 11.1 Å². The van der Waals surface area contributed by atoms with Crippen LogP contribution in [0.3, 0.4) is 0 Å². The number of carbonyl (C=O) groups excluding carboxylic acids is 1. The summed E-state index contributed by atoms with van der Waals surface area (Å²) in [4.78, 5) is 13.5. The Kier molecular flexibility index (Phi) is 5.14. The Bertz CT molecular complexity index is 1030. The second-order valence-electron chi connectivity index (χ2n) is 7.06. The Labute approximate surface area is 168 Å². The average molecular weight is 388 g/mol.